The molecule has 0 saturated heterocycles. The third-order valence-electron chi connectivity index (χ3n) is 2.96. The summed E-state index contributed by atoms with van der Waals surface area (Å²) in [6.07, 6.45) is 0. The van der Waals surface area contributed by atoms with Crippen molar-refractivity contribution in [1.29, 1.82) is 0 Å². The van der Waals surface area contributed by atoms with Gasteiger partial charge in [0.25, 0.3) is 15.9 Å². The highest BCUT2D eigenvalue weighted by molar-refractivity contribution is 7.92. The SMILES string of the molecule is Cc1ccc(NS(=O)(=O)c2cccc(C(=O)NN)c2)cc1Cl. The van der Waals surface area contributed by atoms with Gasteiger partial charge in [-0.15, -0.1) is 0 Å². The Bertz CT molecular complexity index is 822. The number of halogens is 1. The number of amides is 1. The van der Waals surface area contributed by atoms with Crippen LogP contribution in [0, 0.1) is 6.92 Å². The molecule has 1 amide bonds. The summed E-state index contributed by atoms with van der Waals surface area (Å²) in [4.78, 5) is 11.4. The average Bonchev–Trinajstić information content (AvgIpc) is 2.50. The summed E-state index contributed by atoms with van der Waals surface area (Å²) in [5.74, 6) is 4.46. The van der Waals surface area contributed by atoms with Crippen molar-refractivity contribution in [2.24, 2.45) is 5.84 Å². The molecule has 0 saturated carbocycles. The normalized spacial score (nSPS) is 11.0. The van der Waals surface area contributed by atoms with E-state index in [0.29, 0.717) is 10.7 Å². The second kappa shape index (κ2) is 6.35. The van der Waals surface area contributed by atoms with Crippen molar-refractivity contribution in [3.8, 4) is 0 Å². The number of benzene rings is 2. The van der Waals surface area contributed by atoms with Gasteiger partial charge >= 0.3 is 0 Å². The van der Waals surface area contributed by atoms with Gasteiger partial charge in [-0.1, -0.05) is 23.7 Å². The van der Waals surface area contributed by atoms with Crippen LogP contribution in [0.25, 0.3) is 0 Å². The average molecular weight is 340 g/mol. The summed E-state index contributed by atoms with van der Waals surface area (Å²) in [5, 5.41) is 0.455. The maximum absolute atomic E-state index is 12.3. The van der Waals surface area contributed by atoms with E-state index in [-0.39, 0.29) is 10.5 Å². The number of anilines is 1. The molecule has 2 aromatic rings. The summed E-state index contributed by atoms with van der Waals surface area (Å²) in [5.41, 5.74) is 3.27. The van der Waals surface area contributed by atoms with E-state index in [2.05, 4.69) is 4.72 Å². The number of carbonyl (C=O) groups excluding carboxylic acids is 1. The molecule has 0 radical (unpaired) electrons. The summed E-state index contributed by atoms with van der Waals surface area (Å²) in [6.45, 7) is 1.81. The number of hydrazine groups is 1. The van der Waals surface area contributed by atoms with E-state index in [4.69, 9.17) is 17.4 Å². The molecule has 0 spiro atoms. The van der Waals surface area contributed by atoms with Crippen LogP contribution in [0.1, 0.15) is 15.9 Å². The Hall–Kier alpha value is -2.09. The Kier molecular flexibility index (Phi) is 4.70. The van der Waals surface area contributed by atoms with E-state index in [1.165, 1.54) is 30.3 Å². The molecule has 0 aliphatic rings. The lowest BCUT2D eigenvalue weighted by Gasteiger charge is -2.10. The second-order valence-corrected chi connectivity index (χ2v) is 6.66. The van der Waals surface area contributed by atoms with Gasteiger partial charge in [0.2, 0.25) is 0 Å². The minimum Gasteiger partial charge on any atom is -0.290 e. The fourth-order valence-electron chi connectivity index (χ4n) is 1.76. The van der Waals surface area contributed by atoms with E-state index in [1.54, 1.807) is 12.1 Å². The summed E-state index contributed by atoms with van der Waals surface area (Å²) in [7, 11) is -3.84. The number of rotatable bonds is 4. The van der Waals surface area contributed by atoms with E-state index in [1.807, 2.05) is 12.3 Å². The fraction of sp³-hybridized carbons (Fsp3) is 0.0714. The number of sulfonamides is 1. The molecule has 0 aromatic heterocycles. The molecule has 0 fully saturated rings. The van der Waals surface area contributed by atoms with Crippen molar-refractivity contribution < 1.29 is 13.2 Å². The van der Waals surface area contributed by atoms with E-state index >= 15 is 0 Å². The Morgan fingerprint density at radius 3 is 2.55 bits per heavy atom. The number of nitrogens with two attached hydrogens (primary N) is 1. The van der Waals surface area contributed by atoms with Crippen LogP contribution >= 0.6 is 11.6 Å². The maximum atomic E-state index is 12.3. The molecule has 2 rings (SSSR count). The van der Waals surface area contributed by atoms with Crippen molar-refractivity contribution in [3.05, 3.63) is 58.6 Å². The van der Waals surface area contributed by atoms with Gasteiger partial charge in [0.15, 0.2) is 0 Å². The fourth-order valence-corrected chi connectivity index (χ4v) is 3.03. The lowest BCUT2D eigenvalue weighted by Crippen LogP contribution is -2.30. The van der Waals surface area contributed by atoms with Crippen molar-refractivity contribution in [2.75, 3.05) is 4.72 Å². The van der Waals surface area contributed by atoms with Gasteiger partial charge in [0.05, 0.1) is 10.6 Å². The van der Waals surface area contributed by atoms with E-state index in [0.717, 1.165) is 5.56 Å². The summed E-state index contributed by atoms with van der Waals surface area (Å²) < 4.78 is 27.1. The Morgan fingerprint density at radius 1 is 1.18 bits per heavy atom. The van der Waals surface area contributed by atoms with Gasteiger partial charge in [-0.25, -0.2) is 14.3 Å². The number of carbonyl (C=O) groups is 1. The van der Waals surface area contributed by atoms with Crippen molar-refractivity contribution in [2.45, 2.75) is 11.8 Å². The van der Waals surface area contributed by atoms with Gasteiger partial charge < -0.3 is 0 Å². The first-order chi connectivity index (χ1) is 10.3. The zero-order valence-corrected chi connectivity index (χ0v) is 13.2. The first-order valence-corrected chi connectivity index (χ1v) is 8.09. The van der Waals surface area contributed by atoms with Crippen LogP contribution < -0.4 is 16.0 Å². The highest BCUT2D eigenvalue weighted by Gasteiger charge is 2.16. The minimum atomic E-state index is -3.84. The summed E-state index contributed by atoms with van der Waals surface area (Å²) in [6, 6.07) is 10.4. The second-order valence-electron chi connectivity index (χ2n) is 4.57. The smallest absolute Gasteiger partial charge is 0.265 e. The Labute approximate surface area is 133 Å². The third kappa shape index (κ3) is 3.56. The number of hydrogen-bond donors (Lipinski definition) is 3. The largest absolute Gasteiger partial charge is 0.290 e. The minimum absolute atomic E-state index is 0.0507. The van der Waals surface area contributed by atoms with Gasteiger partial charge in [0, 0.05) is 10.6 Å². The lowest BCUT2D eigenvalue weighted by atomic mass is 10.2. The Balaban J connectivity index is 2.34. The maximum Gasteiger partial charge on any atom is 0.265 e. The topological polar surface area (TPSA) is 101 Å². The molecule has 116 valence electrons. The van der Waals surface area contributed by atoms with Crippen molar-refractivity contribution in [3.63, 3.8) is 0 Å². The van der Waals surface area contributed by atoms with Crippen LogP contribution in [0.4, 0.5) is 5.69 Å². The molecule has 8 heteroatoms. The molecule has 0 unspecified atom stereocenters. The predicted octanol–water partition coefficient (Wildman–Crippen LogP) is 2.05. The quantitative estimate of drug-likeness (QED) is 0.451. The van der Waals surface area contributed by atoms with Crippen LogP contribution in [-0.2, 0) is 10.0 Å². The summed E-state index contributed by atoms with van der Waals surface area (Å²) >= 11 is 5.97. The molecular weight excluding hydrogens is 326 g/mol. The number of hydrogen-bond acceptors (Lipinski definition) is 4. The molecule has 0 aliphatic carbocycles. The van der Waals surface area contributed by atoms with Gasteiger partial charge in [-0.05, 0) is 42.8 Å². The molecule has 0 aliphatic heterocycles. The highest BCUT2D eigenvalue weighted by atomic mass is 35.5. The zero-order chi connectivity index (χ0) is 16.3. The first kappa shape index (κ1) is 16.3. The van der Waals surface area contributed by atoms with Crippen LogP contribution in [0.5, 0.6) is 0 Å². The number of nitrogen functional groups attached to an aromatic ring is 1. The highest BCUT2D eigenvalue weighted by Crippen LogP contribution is 2.23. The standard InChI is InChI=1S/C14H14ClN3O3S/c1-9-5-6-11(8-13(9)15)18-22(20,21)12-4-2-3-10(7-12)14(19)17-16/h2-8,18H,16H2,1H3,(H,17,19). The van der Waals surface area contributed by atoms with Gasteiger partial charge in [0.1, 0.15) is 0 Å². The van der Waals surface area contributed by atoms with Crippen LogP contribution in [-0.4, -0.2) is 14.3 Å². The zero-order valence-electron chi connectivity index (χ0n) is 11.6. The molecule has 0 bridgehead atoms. The van der Waals surface area contributed by atoms with E-state index in [9.17, 15) is 13.2 Å². The molecule has 22 heavy (non-hydrogen) atoms. The van der Waals surface area contributed by atoms with Gasteiger partial charge in [-0.3, -0.25) is 14.9 Å². The third-order valence-corrected chi connectivity index (χ3v) is 4.75. The molecule has 0 heterocycles. The Morgan fingerprint density at radius 2 is 1.91 bits per heavy atom. The van der Waals surface area contributed by atoms with Crippen molar-refractivity contribution >= 4 is 33.2 Å². The van der Waals surface area contributed by atoms with Crippen LogP contribution in [0.2, 0.25) is 5.02 Å². The lowest BCUT2D eigenvalue weighted by molar-refractivity contribution is 0.0953. The van der Waals surface area contributed by atoms with Gasteiger partial charge in [-0.2, -0.15) is 0 Å². The molecule has 0 atom stereocenters. The molecule has 6 nitrogen and oxygen atoms in total. The number of nitrogens with one attached hydrogen (secondary N) is 2. The van der Waals surface area contributed by atoms with Crippen LogP contribution in [0.3, 0.4) is 0 Å². The van der Waals surface area contributed by atoms with E-state index < -0.39 is 15.9 Å². The number of aryl methyl sites for hydroxylation is 1. The molecule has 2 aromatic carbocycles. The molecule has 4 N–H and O–H groups in total. The van der Waals surface area contributed by atoms with Crippen LogP contribution in [0.15, 0.2) is 47.4 Å². The predicted molar refractivity (Wildman–Crippen MR) is 85.1 cm³/mol. The molecular formula is C14H14ClN3O3S. The van der Waals surface area contributed by atoms with Crippen molar-refractivity contribution in [1.82, 2.24) is 5.43 Å². The monoisotopic (exact) mass is 339 g/mol. The first-order valence-electron chi connectivity index (χ1n) is 6.23.